The molecule has 2 unspecified atom stereocenters. The van der Waals surface area contributed by atoms with Crippen molar-refractivity contribution >= 4 is 11.9 Å². The zero-order valence-electron chi connectivity index (χ0n) is 48.2. The van der Waals surface area contributed by atoms with E-state index in [0.29, 0.717) is 19.4 Å². The first-order chi connectivity index (χ1) is 35.5. The predicted molar refractivity (Wildman–Crippen MR) is 315 cm³/mol. The monoisotopic (exact) mass is 1010 g/mol. The van der Waals surface area contributed by atoms with E-state index in [1.165, 1.54) is 244 Å². The molecule has 422 valence electrons. The molecule has 0 spiro atoms. The standard InChI is InChI=1S/C66H123NO5/c1-3-5-7-9-11-13-15-17-19-21-23-26-30-34-38-42-46-50-54-58-64(69)63(62-68)67-65(70)59-55-51-47-43-39-35-31-27-25-29-33-37-41-45-49-53-57-61-72-66(71)60-56-52-48-44-40-36-32-28-24-22-20-18-16-14-12-10-8-6-4-2/h12,14,18,20,25,29,54,58,63-64,68-69H,3-11,13,15-17,19,21-24,26-28,30-53,55-57,59-62H2,1-2H3,(H,67,70)/b14-12-,20-18-,29-25-,58-54+. The number of hydrogen-bond acceptors (Lipinski definition) is 5. The van der Waals surface area contributed by atoms with Gasteiger partial charge in [-0.25, -0.2) is 0 Å². The summed E-state index contributed by atoms with van der Waals surface area (Å²) in [6, 6.07) is -0.639. The minimum Gasteiger partial charge on any atom is -0.466 e. The zero-order chi connectivity index (χ0) is 52.2. The van der Waals surface area contributed by atoms with Crippen molar-refractivity contribution in [1.29, 1.82) is 0 Å². The third-order valence-corrected chi connectivity index (χ3v) is 14.6. The maximum atomic E-state index is 12.5. The summed E-state index contributed by atoms with van der Waals surface area (Å²) in [5, 5.41) is 23.2. The van der Waals surface area contributed by atoms with E-state index in [-0.39, 0.29) is 18.5 Å². The molecule has 0 aromatic carbocycles. The number of carbonyl (C=O) groups is 2. The van der Waals surface area contributed by atoms with Crippen LogP contribution in [-0.2, 0) is 14.3 Å². The summed E-state index contributed by atoms with van der Waals surface area (Å²) >= 11 is 0. The van der Waals surface area contributed by atoms with Crippen LogP contribution < -0.4 is 5.32 Å². The Morgan fingerprint density at radius 3 is 1.10 bits per heavy atom. The molecule has 0 rings (SSSR count). The molecule has 2 atom stereocenters. The molecule has 0 aliphatic heterocycles. The van der Waals surface area contributed by atoms with Crippen molar-refractivity contribution in [1.82, 2.24) is 5.32 Å². The van der Waals surface area contributed by atoms with Crippen LogP contribution in [0.15, 0.2) is 48.6 Å². The Balaban J connectivity index is 3.48. The highest BCUT2D eigenvalue weighted by Gasteiger charge is 2.18. The molecule has 0 saturated heterocycles. The first-order valence-electron chi connectivity index (χ1n) is 31.9. The fraction of sp³-hybridized carbons (Fsp3) is 0.848. The Hall–Kier alpha value is -2.18. The van der Waals surface area contributed by atoms with Gasteiger partial charge in [-0.15, -0.1) is 0 Å². The molecule has 0 saturated carbocycles. The number of unbranched alkanes of at least 4 members (excludes halogenated alkanes) is 42. The number of allylic oxidation sites excluding steroid dienone is 7. The number of ether oxygens (including phenoxy) is 1. The minimum atomic E-state index is -0.854. The summed E-state index contributed by atoms with van der Waals surface area (Å²) in [4.78, 5) is 24.6. The van der Waals surface area contributed by atoms with Crippen LogP contribution in [-0.4, -0.2) is 47.4 Å². The first kappa shape index (κ1) is 69.8. The van der Waals surface area contributed by atoms with E-state index in [9.17, 15) is 19.8 Å². The van der Waals surface area contributed by atoms with Gasteiger partial charge >= 0.3 is 5.97 Å². The topological polar surface area (TPSA) is 95.9 Å². The summed E-state index contributed by atoms with van der Waals surface area (Å²) in [5.41, 5.74) is 0. The number of amides is 1. The quantitative estimate of drug-likeness (QED) is 0.0320. The van der Waals surface area contributed by atoms with Gasteiger partial charge in [0.2, 0.25) is 5.91 Å². The van der Waals surface area contributed by atoms with Crippen LogP contribution in [0.1, 0.15) is 335 Å². The van der Waals surface area contributed by atoms with Crippen molar-refractivity contribution in [2.75, 3.05) is 13.2 Å². The lowest BCUT2D eigenvalue weighted by molar-refractivity contribution is -0.143. The zero-order valence-corrected chi connectivity index (χ0v) is 48.2. The maximum absolute atomic E-state index is 12.5. The van der Waals surface area contributed by atoms with Crippen LogP contribution in [0, 0.1) is 0 Å². The van der Waals surface area contributed by atoms with Crippen molar-refractivity contribution < 1.29 is 24.5 Å². The van der Waals surface area contributed by atoms with E-state index in [0.717, 1.165) is 64.2 Å². The number of nitrogens with one attached hydrogen (secondary N) is 1. The predicted octanol–water partition coefficient (Wildman–Crippen LogP) is 20.1. The molecule has 72 heavy (non-hydrogen) atoms. The number of aliphatic hydroxyl groups is 2. The first-order valence-corrected chi connectivity index (χ1v) is 31.9. The molecule has 0 bridgehead atoms. The Labute approximate surface area is 448 Å². The van der Waals surface area contributed by atoms with Gasteiger partial charge in [-0.2, -0.15) is 0 Å². The van der Waals surface area contributed by atoms with Gasteiger partial charge in [-0.05, 0) is 89.9 Å². The van der Waals surface area contributed by atoms with Crippen LogP contribution >= 0.6 is 0 Å². The molecule has 0 aromatic rings. The summed E-state index contributed by atoms with van der Waals surface area (Å²) in [6.45, 7) is 4.87. The Bertz CT molecular complexity index is 1210. The van der Waals surface area contributed by atoms with Gasteiger partial charge in [-0.1, -0.05) is 281 Å². The van der Waals surface area contributed by atoms with Gasteiger partial charge in [0, 0.05) is 12.8 Å². The Morgan fingerprint density at radius 2 is 0.694 bits per heavy atom. The normalized spacial score (nSPS) is 12.9. The Morgan fingerprint density at radius 1 is 0.389 bits per heavy atom. The van der Waals surface area contributed by atoms with E-state index >= 15 is 0 Å². The van der Waals surface area contributed by atoms with Gasteiger partial charge < -0.3 is 20.3 Å². The van der Waals surface area contributed by atoms with E-state index in [2.05, 4.69) is 55.6 Å². The summed E-state index contributed by atoms with van der Waals surface area (Å²) in [7, 11) is 0. The number of aliphatic hydroxyl groups excluding tert-OH is 2. The SMILES string of the molecule is CCCCC/C=C\C/C=C\CCCCCCCCCCCC(=O)OCCCCCCCC/C=C\CCCCCCCCCC(=O)NC(CO)C(O)/C=C/CCCCCCCCCCCCCCCCCCC. The van der Waals surface area contributed by atoms with Crippen molar-refractivity contribution in [3.8, 4) is 0 Å². The second-order valence-electron chi connectivity index (χ2n) is 21.7. The third kappa shape index (κ3) is 57.1. The smallest absolute Gasteiger partial charge is 0.305 e. The minimum absolute atomic E-state index is 0.00649. The molecule has 0 heterocycles. The highest BCUT2D eigenvalue weighted by molar-refractivity contribution is 5.76. The van der Waals surface area contributed by atoms with Crippen molar-refractivity contribution in [2.24, 2.45) is 0 Å². The second-order valence-corrected chi connectivity index (χ2v) is 21.7. The average Bonchev–Trinajstić information content (AvgIpc) is 3.38. The van der Waals surface area contributed by atoms with Crippen molar-refractivity contribution in [2.45, 2.75) is 347 Å². The highest BCUT2D eigenvalue weighted by atomic mass is 16.5. The van der Waals surface area contributed by atoms with Gasteiger partial charge in [0.25, 0.3) is 0 Å². The molecular formula is C66H123NO5. The van der Waals surface area contributed by atoms with Crippen LogP contribution in [0.4, 0.5) is 0 Å². The van der Waals surface area contributed by atoms with Gasteiger partial charge in [-0.3, -0.25) is 9.59 Å². The number of carbonyl (C=O) groups excluding carboxylic acids is 2. The molecule has 0 fully saturated rings. The fourth-order valence-electron chi connectivity index (χ4n) is 9.66. The lowest BCUT2D eigenvalue weighted by Gasteiger charge is -2.20. The molecule has 0 aliphatic carbocycles. The third-order valence-electron chi connectivity index (χ3n) is 14.6. The summed E-state index contributed by atoms with van der Waals surface area (Å²) in [6.07, 6.45) is 78.6. The van der Waals surface area contributed by atoms with E-state index in [1.807, 2.05) is 6.08 Å². The largest absolute Gasteiger partial charge is 0.466 e. The summed E-state index contributed by atoms with van der Waals surface area (Å²) < 4.78 is 5.49. The molecule has 6 nitrogen and oxygen atoms in total. The van der Waals surface area contributed by atoms with Gasteiger partial charge in [0.15, 0.2) is 0 Å². The van der Waals surface area contributed by atoms with Crippen LogP contribution in [0.2, 0.25) is 0 Å². The number of hydrogen-bond donors (Lipinski definition) is 3. The fourth-order valence-corrected chi connectivity index (χ4v) is 9.66. The van der Waals surface area contributed by atoms with E-state index < -0.39 is 12.1 Å². The van der Waals surface area contributed by atoms with Crippen LogP contribution in [0.5, 0.6) is 0 Å². The van der Waals surface area contributed by atoms with Crippen molar-refractivity contribution in [3.05, 3.63) is 48.6 Å². The van der Waals surface area contributed by atoms with E-state index in [1.54, 1.807) is 6.08 Å². The van der Waals surface area contributed by atoms with Crippen LogP contribution in [0.25, 0.3) is 0 Å². The highest BCUT2D eigenvalue weighted by Crippen LogP contribution is 2.17. The molecule has 0 radical (unpaired) electrons. The molecular weight excluding hydrogens is 887 g/mol. The number of esters is 1. The number of rotatable bonds is 59. The molecule has 0 aromatic heterocycles. The molecule has 1 amide bonds. The molecule has 0 aliphatic rings. The second kappa shape index (κ2) is 61.4. The van der Waals surface area contributed by atoms with Crippen LogP contribution in [0.3, 0.4) is 0 Å². The maximum Gasteiger partial charge on any atom is 0.305 e. The Kier molecular flexibility index (Phi) is 59.5. The summed E-state index contributed by atoms with van der Waals surface area (Å²) in [5.74, 6) is -0.0849. The van der Waals surface area contributed by atoms with Crippen molar-refractivity contribution in [3.63, 3.8) is 0 Å². The van der Waals surface area contributed by atoms with Gasteiger partial charge in [0.05, 0.1) is 25.4 Å². The van der Waals surface area contributed by atoms with Gasteiger partial charge in [0.1, 0.15) is 0 Å². The molecule has 6 heteroatoms. The molecule has 3 N–H and O–H groups in total. The lowest BCUT2D eigenvalue weighted by atomic mass is 10.0. The average molecular weight is 1010 g/mol. The van der Waals surface area contributed by atoms with E-state index in [4.69, 9.17) is 4.74 Å². The lowest BCUT2D eigenvalue weighted by Crippen LogP contribution is -2.45.